The van der Waals surface area contributed by atoms with Gasteiger partial charge in [0.1, 0.15) is 0 Å². The topological polar surface area (TPSA) is 59.8 Å². The van der Waals surface area contributed by atoms with Crippen LogP contribution in [-0.2, 0) is 12.7 Å². The molecule has 0 saturated heterocycles. The van der Waals surface area contributed by atoms with Crippen molar-refractivity contribution in [2.24, 2.45) is 0 Å². The third-order valence-electron chi connectivity index (χ3n) is 2.50. The molecule has 2 heterocycles. The van der Waals surface area contributed by atoms with E-state index in [1.165, 1.54) is 18.6 Å². The molecular weight excluding hydrogens is 273 g/mol. The standard InChI is InChI=1S/C12H11F3N4O/c13-12(14,15)10-3-7-19(18-10)8-6-17-11(20)9-1-4-16-5-2-9/h1-5,7H,6,8H2,(H,17,20). The maximum absolute atomic E-state index is 12.3. The lowest BCUT2D eigenvalue weighted by Gasteiger charge is -2.05. The van der Waals surface area contributed by atoms with E-state index in [2.05, 4.69) is 15.4 Å². The van der Waals surface area contributed by atoms with Crippen molar-refractivity contribution in [3.8, 4) is 0 Å². The van der Waals surface area contributed by atoms with Crippen LogP contribution in [0, 0.1) is 0 Å². The van der Waals surface area contributed by atoms with Crippen LogP contribution in [0.3, 0.4) is 0 Å². The molecule has 0 bridgehead atoms. The normalized spacial score (nSPS) is 11.3. The van der Waals surface area contributed by atoms with Crippen LogP contribution in [-0.4, -0.2) is 27.2 Å². The number of alkyl halides is 3. The Balaban J connectivity index is 1.85. The zero-order valence-electron chi connectivity index (χ0n) is 10.3. The van der Waals surface area contributed by atoms with E-state index in [-0.39, 0.29) is 19.0 Å². The van der Waals surface area contributed by atoms with E-state index in [0.717, 1.165) is 10.7 Å². The molecule has 0 aliphatic carbocycles. The van der Waals surface area contributed by atoms with Crippen LogP contribution in [0.1, 0.15) is 16.1 Å². The molecule has 106 valence electrons. The maximum Gasteiger partial charge on any atom is 0.435 e. The largest absolute Gasteiger partial charge is 0.435 e. The summed E-state index contributed by atoms with van der Waals surface area (Å²) in [6.07, 6.45) is -0.261. The van der Waals surface area contributed by atoms with Gasteiger partial charge in [0.15, 0.2) is 5.69 Å². The Morgan fingerprint density at radius 1 is 1.25 bits per heavy atom. The molecule has 8 heteroatoms. The zero-order valence-corrected chi connectivity index (χ0v) is 10.3. The molecule has 1 amide bonds. The molecule has 0 aliphatic heterocycles. The van der Waals surface area contributed by atoms with E-state index in [1.807, 2.05) is 0 Å². The van der Waals surface area contributed by atoms with Gasteiger partial charge in [-0.05, 0) is 18.2 Å². The van der Waals surface area contributed by atoms with Crippen LogP contribution in [0.15, 0.2) is 36.8 Å². The van der Waals surface area contributed by atoms with Gasteiger partial charge in [-0.2, -0.15) is 18.3 Å². The summed E-state index contributed by atoms with van der Waals surface area (Å²) in [6.45, 7) is 0.340. The Morgan fingerprint density at radius 2 is 1.95 bits per heavy atom. The van der Waals surface area contributed by atoms with Crippen molar-refractivity contribution in [3.63, 3.8) is 0 Å². The molecule has 1 N–H and O–H groups in total. The Labute approximate surface area is 112 Å². The third-order valence-corrected chi connectivity index (χ3v) is 2.50. The van der Waals surface area contributed by atoms with Crippen molar-refractivity contribution in [2.45, 2.75) is 12.7 Å². The predicted molar refractivity (Wildman–Crippen MR) is 63.8 cm³/mol. The summed E-state index contributed by atoms with van der Waals surface area (Å²) in [4.78, 5) is 15.4. The molecule has 20 heavy (non-hydrogen) atoms. The van der Waals surface area contributed by atoms with E-state index in [4.69, 9.17) is 0 Å². The van der Waals surface area contributed by atoms with Gasteiger partial charge in [0.25, 0.3) is 5.91 Å². The second-order valence-electron chi connectivity index (χ2n) is 3.95. The minimum absolute atomic E-state index is 0.160. The highest BCUT2D eigenvalue weighted by atomic mass is 19.4. The van der Waals surface area contributed by atoms with Crippen LogP contribution in [0.25, 0.3) is 0 Å². The van der Waals surface area contributed by atoms with Crippen LogP contribution in [0.4, 0.5) is 13.2 Å². The maximum atomic E-state index is 12.3. The first kappa shape index (κ1) is 14.0. The highest BCUT2D eigenvalue weighted by molar-refractivity contribution is 5.93. The fourth-order valence-electron chi connectivity index (χ4n) is 1.53. The van der Waals surface area contributed by atoms with E-state index in [0.29, 0.717) is 5.56 Å². The van der Waals surface area contributed by atoms with Gasteiger partial charge in [-0.1, -0.05) is 0 Å². The highest BCUT2D eigenvalue weighted by Gasteiger charge is 2.33. The molecule has 0 radical (unpaired) electrons. The van der Waals surface area contributed by atoms with Gasteiger partial charge in [-0.25, -0.2) is 0 Å². The Kier molecular flexibility index (Phi) is 4.02. The lowest BCUT2D eigenvalue weighted by molar-refractivity contribution is -0.141. The Morgan fingerprint density at radius 3 is 2.55 bits per heavy atom. The highest BCUT2D eigenvalue weighted by Crippen LogP contribution is 2.27. The van der Waals surface area contributed by atoms with Crippen LogP contribution in [0.2, 0.25) is 0 Å². The lowest BCUT2D eigenvalue weighted by Crippen LogP contribution is -2.27. The number of nitrogens with zero attached hydrogens (tertiary/aromatic N) is 3. The minimum atomic E-state index is -4.45. The van der Waals surface area contributed by atoms with Gasteiger partial charge >= 0.3 is 6.18 Å². The fourth-order valence-corrected chi connectivity index (χ4v) is 1.53. The van der Waals surface area contributed by atoms with Gasteiger partial charge in [0.05, 0.1) is 6.54 Å². The lowest BCUT2D eigenvalue weighted by atomic mass is 10.2. The quantitative estimate of drug-likeness (QED) is 0.930. The number of pyridine rings is 1. The monoisotopic (exact) mass is 284 g/mol. The van der Waals surface area contributed by atoms with Gasteiger partial charge in [-0.3, -0.25) is 14.5 Å². The van der Waals surface area contributed by atoms with E-state index in [9.17, 15) is 18.0 Å². The summed E-state index contributed by atoms with van der Waals surface area (Å²) < 4.78 is 38.1. The number of hydrogen-bond acceptors (Lipinski definition) is 3. The molecule has 2 aromatic rings. The van der Waals surface area contributed by atoms with E-state index < -0.39 is 11.9 Å². The number of halogens is 3. The van der Waals surface area contributed by atoms with Crippen LogP contribution in [0.5, 0.6) is 0 Å². The number of aromatic nitrogens is 3. The van der Waals surface area contributed by atoms with Gasteiger partial charge in [0.2, 0.25) is 0 Å². The minimum Gasteiger partial charge on any atom is -0.350 e. The summed E-state index contributed by atoms with van der Waals surface area (Å²) >= 11 is 0. The van der Waals surface area contributed by atoms with Crippen molar-refractivity contribution in [1.82, 2.24) is 20.1 Å². The number of rotatable bonds is 4. The second kappa shape index (κ2) is 5.72. The van der Waals surface area contributed by atoms with Gasteiger partial charge in [-0.15, -0.1) is 0 Å². The summed E-state index contributed by atoms with van der Waals surface area (Å²) in [7, 11) is 0. The summed E-state index contributed by atoms with van der Waals surface area (Å²) in [5, 5.41) is 5.97. The molecule has 0 spiro atoms. The fraction of sp³-hybridized carbons (Fsp3) is 0.250. The van der Waals surface area contributed by atoms with Crippen molar-refractivity contribution < 1.29 is 18.0 Å². The molecule has 2 aromatic heterocycles. The molecule has 0 aliphatic rings. The van der Waals surface area contributed by atoms with E-state index in [1.54, 1.807) is 12.1 Å². The number of nitrogens with one attached hydrogen (secondary N) is 1. The van der Waals surface area contributed by atoms with Crippen molar-refractivity contribution in [3.05, 3.63) is 48.0 Å². The molecule has 0 saturated carbocycles. The molecule has 0 atom stereocenters. The predicted octanol–water partition coefficient (Wildman–Crippen LogP) is 1.73. The number of amides is 1. The van der Waals surface area contributed by atoms with Crippen LogP contribution >= 0.6 is 0 Å². The Hall–Kier alpha value is -2.38. The average molecular weight is 284 g/mol. The van der Waals surface area contributed by atoms with Crippen molar-refractivity contribution in [1.29, 1.82) is 0 Å². The average Bonchev–Trinajstić information content (AvgIpc) is 2.88. The van der Waals surface area contributed by atoms with E-state index >= 15 is 0 Å². The van der Waals surface area contributed by atoms with Crippen molar-refractivity contribution in [2.75, 3.05) is 6.54 Å². The molecule has 0 aromatic carbocycles. The molecule has 0 fully saturated rings. The number of carbonyl (C=O) groups is 1. The SMILES string of the molecule is O=C(NCCn1ccc(C(F)(F)F)n1)c1ccncc1. The Bertz CT molecular complexity index is 580. The number of carbonyl (C=O) groups excluding carboxylic acids is 1. The molecule has 2 rings (SSSR count). The smallest absolute Gasteiger partial charge is 0.350 e. The molecule has 5 nitrogen and oxygen atoms in total. The number of hydrogen-bond donors (Lipinski definition) is 1. The molecule has 0 unspecified atom stereocenters. The summed E-state index contributed by atoms with van der Waals surface area (Å²) in [6, 6.07) is 3.99. The zero-order chi connectivity index (χ0) is 14.6. The van der Waals surface area contributed by atoms with Gasteiger partial charge in [0, 0.05) is 30.7 Å². The first-order valence-electron chi connectivity index (χ1n) is 5.76. The first-order chi connectivity index (χ1) is 9.47. The second-order valence-corrected chi connectivity index (χ2v) is 3.95. The summed E-state index contributed by atoms with van der Waals surface area (Å²) in [5.41, 5.74) is -0.505. The molecular formula is C12H11F3N4O. The first-order valence-corrected chi connectivity index (χ1v) is 5.76. The van der Waals surface area contributed by atoms with Crippen molar-refractivity contribution >= 4 is 5.91 Å². The third kappa shape index (κ3) is 3.56. The summed E-state index contributed by atoms with van der Waals surface area (Å²) in [5.74, 6) is -0.310. The van der Waals surface area contributed by atoms with Crippen LogP contribution < -0.4 is 5.32 Å². The van der Waals surface area contributed by atoms with Gasteiger partial charge < -0.3 is 5.32 Å².